The lowest BCUT2D eigenvalue weighted by Gasteiger charge is -2.28. The number of hydrogen-bond donors (Lipinski definition) is 0. The van der Waals surface area contributed by atoms with E-state index in [-0.39, 0.29) is 11.7 Å². The molecule has 0 N–H and O–H groups in total. The molecule has 0 spiro atoms. The molecule has 33 heavy (non-hydrogen) atoms. The van der Waals surface area contributed by atoms with Gasteiger partial charge in [0.15, 0.2) is 0 Å². The van der Waals surface area contributed by atoms with Crippen LogP contribution in [0.15, 0.2) is 24.3 Å². The molecule has 1 aliphatic carbocycles. The topological polar surface area (TPSA) is 9.23 Å². The second kappa shape index (κ2) is 10.5. The molecule has 0 atom stereocenters. The highest BCUT2D eigenvalue weighted by atomic mass is 19.4. The summed E-state index contributed by atoms with van der Waals surface area (Å²) in [6.45, 7) is 2.47. The minimum atomic E-state index is -4.94. The van der Waals surface area contributed by atoms with Crippen molar-refractivity contribution in [2.45, 2.75) is 51.6 Å². The van der Waals surface area contributed by atoms with E-state index in [0.29, 0.717) is 24.7 Å². The second-order valence-electron chi connectivity index (χ2n) is 8.31. The van der Waals surface area contributed by atoms with E-state index in [0.717, 1.165) is 50.2 Å². The summed E-state index contributed by atoms with van der Waals surface area (Å²) >= 11 is 0. The maximum Gasteiger partial charge on any atom is 0.458 e. The summed E-state index contributed by atoms with van der Waals surface area (Å²) in [6, 6.07) is 2.93. The lowest BCUT2D eigenvalue weighted by atomic mass is 9.80. The Balaban J connectivity index is 1.74. The first-order valence-corrected chi connectivity index (χ1v) is 10.8. The van der Waals surface area contributed by atoms with Crippen molar-refractivity contribution in [1.82, 2.24) is 0 Å². The number of ether oxygens (including phenoxy) is 1. The summed E-state index contributed by atoms with van der Waals surface area (Å²) in [4.78, 5) is 0. The van der Waals surface area contributed by atoms with Crippen molar-refractivity contribution in [1.29, 1.82) is 0 Å². The van der Waals surface area contributed by atoms with Crippen molar-refractivity contribution >= 4 is 0 Å². The standard InChI is InChI=1S/C25H23F7O/c1-2-3-15-4-6-16(7-5-15)14-33-18-12-22(28)24(23(29)13-18)17-10-20(26)19(21(27)11-17)8-9-25(30,31)32/h10-13,15-16H,2-7,14H2,1H3. The third-order valence-electron chi connectivity index (χ3n) is 5.82. The van der Waals surface area contributed by atoms with E-state index in [4.69, 9.17) is 4.74 Å². The van der Waals surface area contributed by atoms with Crippen molar-refractivity contribution < 1.29 is 35.5 Å². The zero-order valence-corrected chi connectivity index (χ0v) is 18.0. The van der Waals surface area contributed by atoms with E-state index in [2.05, 4.69) is 6.92 Å². The molecule has 0 amide bonds. The van der Waals surface area contributed by atoms with Crippen LogP contribution in [0.5, 0.6) is 5.75 Å². The summed E-state index contributed by atoms with van der Waals surface area (Å²) in [5.41, 5.74) is -2.35. The molecule has 8 heteroatoms. The Morgan fingerprint density at radius 3 is 1.91 bits per heavy atom. The molecule has 0 heterocycles. The van der Waals surface area contributed by atoms with Crippen LogP contribution in [-0.4, -0.2) is 12.8 Å². The highest BCUT2D eigenvalue weighted by molar-refractivity contribution is 5.67. The van der Waals surface area contributed by atoms with Gasteiger partial charge in [-0.2, -0.15) is 13.2 Å². The van der Waals surface area contributed by atoms with Crippen LogP contribution in [0, 0.1) is 46.9 Å². The van der Waals surface area contributed by atoms with Gasteiger partial charge in [-0.15, -0.1) is 0 Å². The highest BCUT2D eigenvalue weighted by Gasteiger charge is 2.25. The summed E-state index contributed by atoms with van der Waals surface area (Å²) in [5.74, 6) is -2.04. The van der Waals surface area contributed by atoms with Crippen molar-refractivity contribution in [3.05, 3.63) is 53.1 Å². The van der Waals surface area contributed by atoms with E-state index in [1.807, 2.05) is 0 Å². The van der Waals surface area contributed by atoms with E-state index in [1.165, 1.54) is 12.3 Å². The average Bonchev–Trinajstić information content (AvgIpc) is 2.71. The van der Waals surface area contributed by atoms with E-state index in [1.54, 1.807) is 0 Å². The van der Waals surface area contributed by atoms with Gasteiger partial charge in [0.2, 0.25) is 0 Å². The molecular formula is C25H23F7O. The SMILES string of the molecule is CCCC1CCC(COc2cc(F)c(-c3cc(F)c(C#CC(F)(F)F)c(F)c3)c(F)c2)CC1. The number of hydrogen-bond acceptors (Lipinski definition) is 1. The van der Waals surface area contributed by atoms with Gasteiger partial charge in [0, 0.05) is 18.1 Å². The molecule has 2 aromatic carbocycles. The van der Waals surface area contributed by atoms with Crippen LogP contribution in [-0.2, 0) is 0 Å². The molecule has 0 saturated heterocycles. The van der Waals surface area contributed by atoms with Gasteiger partial charge in [0.1, 0.15) is 29.0 Å². The maximum atomic E-state index is 14.6. The fourth-order valence-electron chi connectivity index (χ4n) is 4.19. The molecule has 0 unspecified atom stereocenters. The monoisotopic (exact) mass is 472 g/mol. The molecule has 0 bridgehead atoms. The minimum Gasteiger partial charge on any atom is -0.493 e. The summed E-state index contributed by atoms with van der Waals surface area (Å²) in [6.07, 6.45) is 1.57. The van der Waals surface area contributed by atoms with Crippen LogP contribution in [0.1, 0.15) is 51.0 Å². The molecule has 1 saturated carbocycles. The summed E-state index contributed by atoms with van der Waals surface area (Å²) in [5, 5.41) is 0. The molecule has 3 rings (SSSR count). The molecule has 1 nitrogen and oxygen atoms in total. The molecule has 178 valence electrons. The number of halogens is 7. The van der Waals surface area contributed by atoms with Crippen molar-refractivity contribution in [2.24, 2.45) is 11.8 Å². The van der Waals surface area contributed by atoms with Crippen molar-refractivity contribution in [3.63, 3.8) is 0 Å². The molecular weight excluding hydrogens is 449 g/mol. The Kier molecular flexibility index (Phi) is 7.93. The molecule has 0 radical (unpaired) electrons. The number of alkyl halides is 3. The third-order valence-corrected chi connectivity index (χ3v) is 5.82. The Morgan fingerprint density at radius 1 is 0.848 bits per heavy atom. The van der Waals surface area contributed by atoms with Gasteiger partial charge >= 0.3 is 6.18 Å². The van der Waals surface area contributed by atoms with E-state index in [9.17, 15) is 30.7 Å². The maximum absolute atomic E-state index is 14.6. The Morgan fingerprint density at radius 2 is 1.39 bits per heavy atom. The van der Waals surface area contributed by atoms with Crippen LogP contribution in [0.2, 0.25) is 0 Å². The first kappa shape index (κ1) is 24.9. The Labute approximate surface area is 187 Å². The first-order chi connectivity index (χ1) is 15.6. The third kappa shape index (κ3) is 6.66. The summed E-state index contributed by atoms with van der Waals surface area (Å²) < 4.78 is 99.7. The van der Waals surface area contributed by atoms with Crippen LogP contribution in [0.3, 0.4) is 0 Å². The predicted octanol–water partition coefficient (Wildman–Crippen LogP) is 7.81. The quantitative estimate of drug-likeness (QED) is 0.308. The molecule has 2 aromatic rings. The zero-order valence-electron chi connectivity index (χ0n) is 18.0. The minimum absolute atomic E-state index is 0.0435. The molecule has 1 aliphatic rings. The zero-order chi connectivity index (χ0) is 24.2. The van der Waals surface area contributed by atoms with Crippen molar-refractivity contribution in [3.8, 4) is 28.7 Å². The van der Waals surface area contributed by atoms with Gasteiger partial charge in [0.25, 0.3) is 0 Å². The first-order valence-electron chi connectivity index (χ1n) is 10.8. The van der Waals surface area contributed by atoms with Gasteiger partial charge < -0.3 is 4.74 Å². The van der Waals surface area contributed by atoms with Crippen LogP contribution in [0.25, 0.3) is 11.1 Å². The highest BCUT2D eigenvalue weighted by Crippen LogP contribution is 2.34. The largest absolute Gasteiger partial charge is 0.493 e. The lowest BCUT2D eigenvalue weighted by molar-refractivity contribution is -0.0696. The van der Waals surface area contributed by atoms with Gasteiger partial charge in [-0.05, 0) is 42.4 Å². The van der Waals surface area contributed by atoms with Crippen LogP contribution in [0.4, 0.5) is 30.7 Å². The van der Waals surface area contributed by atoms with Gasteiger partial charge in [-0.3, -0.25) is 0 Å². The second-order valence-corrected chi connectivity index (χ2v) is 8.31. The lowest BCUT2D eigenvalue weighted by Crippen LogP contribution is -2.20. The molecule has 0 aromatic heterocycles. The van der Waals surface area contributed by atoms with Gasteiger partial charge in [-0.1, -0.05) is 38.5 Å². The Bertz CT molecular complexity index is 995. The predicted molar refractivity (Wildman–Crippen MR) is 110 cm³/mol. The normalized spacial score (nSPS) is 18.5. The fourth-order valence-corrected chi connectivity index (χ4v) is 4.19. The summed E-state index contributed by atoms with van der Waals surface area (Å²) in [7, 11) is 0. The number of rotatable bonds is 6. The van der Waals surface area contributed by atoms with Crippen molar-refractivity contribution in [2.75, 3.05) is 6.61 Å². The molecule has 1 fully saturated rings. The van der Waals surface area contributed by atoms with Gasteiger partial charge in [0.05, 0.1) is 17.7 Å². The average molecular weight is 472 g/mol. The van der Waals surface area contributed by atoms with Gasteiger partial charge in [-0.25, -0.2) is 17.6 Å². The molecule has 0 aliphatic heterocycles. The smallest absolute Gasteiger partial charge is 0.458 e. The Hall–Kier alpha value is -2.69. The van der Waals surface area contributed by atoms with E-state index < -0.39 is 46.1 Å². The van der Waals surface area contributed by atoms with E-state index >= 15 is 0 Å². The fraction of sp³-hybridized carbons (Fsp3) is 0.440. The van der Waals surface area contributed by atoms with Crippen LogP contribution >= 0.6 is 0 Å². The van der Waals surface area contributed by atoms with Crippen LogP contribution < -0.4 is 4.74 Å². The number of benzene rings is 2.